The number of ether oxygens (including phenoxy) is 1. The zero-order valence-electron chi connectivity index (χ0n) is 8.20. The van der Waals surface area contributed by atoms with Crippen molar-refractivity contribution in [1.29, 1.82) is 0 Å². The minimum Gasteiger partial charge on any atom is -0.376 e. The lowest BCUT2D eigenvalue weighted by Gasteiger charge is -2.17. The van der Waals surface area contributed by atoms with Gasteiger partial charge in [0.25, 0.3) is 0 Å². The van der Waals surface area contributed by atoms with Gasteiger partial charge in [-0.15, -0.1) is 0 Å². The molecule has 2 N–H and O–H groups in total. The maximum atomic E-state index is 5.48. The fraction of sp³-hybridized carbons (Fsp3) is 0.600. The van der Waals surface area contributed by atoms with Gasteiger partial charge < -0.3 is 10.5 Å². The fourth-order valence-corrected chi connectivity index (χ4v) is 1.70. The van der Waals surface area contributed by atoms with E-state index < -0.39 is 0 Å². The summed E-state index contributed by atoms with van der Waals surface area (Å²) in [7, 11) is 0. The second-order valence-corrected chi connectivity index (χ2v) is 3.44. The molecule has 0 aliphatic carbocycles. The molecule has 0 radical (unpaired) electrons. The summed E-state index contributed by atoms with van der Waals surface area (Å²) in [6, 6.07) is 0. The van der Waals surface area contributed by atoms with E-state index in [-0.39, 0.29) is 0 Å². The third-order valence-electron chi connectivity index (χ3n) is 2.47. The molecule has 0 spiro atoms. The quantitative estimate of drug-likeness (QED) is 0.756. The monoisotopic (exact) mass is 193 g/mol. The lowest BCUT2D eigenvalue weighted by atomic mass is 10.0. The van der Waals surface area contributed by atoms with Crippen molar-refractivity contribution in [2.24, 2.45) is 5.73 Å². The molecule has 0 saturated carbocycles. The van der Waals surface area contributed by atoms with Crippen molar-refractivity contribution in [1.82, 2.24) is 9.97 Å². The largest absolute Gasteiger partial charge is 0.376 e. The number of hydrogen-bond acceptors (Lipinski definition) is 4. The molecule has 1 aromatic heterocycles. The van der Waals surface area contributed by atoms with E-state index in [4.69, 9.17) is 10.5 Å². The average molecular weight is 193 g/mol. The minimum atomic E-state index is 0.663. The summed E-state index contributed by atoms with van der Waals surface area (Å²) in [6.45, 7) is 2.15. The highest BCUT2D eigenvalue weighted by Crippen LogP contribution is 2.17. The van der Waals surface area contributed by atoms with Crippen LogP contribution in [0.15, 0.2) is 6.33 Å². The molecule has 0 saturated heterocycles. The Morgan fingerprint density at radius 2 is 2.36 bits per heavy atom. The molecule has 1 aliphatic heterocycles. The number of rotatable bonds is 3. The molecule has 1 aromatic rings. The molecule has 1 aliphatic rings. The summed E-state index contributed by atoms with van der Waals surface area (Å²) in [5, 5.41) is 0. The predicted octanol–water partition coefficient (Wildman–Crippen LogP) is 0.441. The summed E-state index contributed by atoms with van der Waals surface area (Å²) in [5.41, 5.74) is 8.93. The zero-order chi connectivity index (χ0) is 9.80. The molecule has 0 bridgehead atoms. The number of hydrogen-bond donors (Lipinski definition) is 1. The molecular weight excluding hydrogens is 178 g/mol. The first kappa shape index (κ1) is 9.55. The van der Waals surface area contributed by atoms with Crippen molar-refractivity contribution >= 4 is 0 Å². The third kappa shape index (κ3) is 1.91. The lowest BCUT2D eigenvalue weighted by Crippen LogP contribution is -2.16. The van der Waals surface area contributed by atoms with E-state index in [1.165, 1.54) is 5.56 Å². The van der Waals surface area contributed by atoms with Crippen molar-refractivity contribution in [2.75, 3.05) is 13.2 Å². The van der Waals surface area contributed by atoms with Crippen LogP contribution in [0.1, 0.15) is 23.4 Å². The maximum Gasteiger partial charge on any atom is 0.115 e. The molecule has 0 fully saturated rings. The van der Waals surface area contributed by atoms with Gasteiger partial charge in [0, 0.05) is 17.7 Å². The third-order valence-corrected chi connectivity index (χ3v) is 2.47. The number of nitrogens with two attached hydrogens (primary N) is 1. The fourth-order valence-electron chi connectivity index (χ4n) is 1.70. The van der Waals surface area contributed by atoms with Crippen LogP contribution < -0.4 is 5.73 Å². The number of fused-ring (bicyclic) bond motifs is 1. The van der Waals surface area contributed by atoms with Crippen LogP contribution in [0.2, 0.25) is 0 Å². The standard InChI is InChI=1S/C10H15N3O/c11-4-1-2-9-8-6-14-5-3-10(8)13-7-12-9/h7H,1-6,11H2. The Labute approximate surface area is 83.5 Å². The van der Waals surface area contributed by atoms with E-state index in [1.807, 2.05) is 0 Å². The lowest BCUT2D eigenvalue weighted by molar-refractivity contribution is 0.108. The molecule has 0 amide bonds. The first-order valence-electron chi connectivity index (χ1n) is 5.01. The molecule has 0 atom stereocenters. The SMILES string of the molecule is NCCCc1ncnc2c1COCC2. The van der Waals surface area contributed by atoms with Crippen LogP contribution in [-0.4, -0.2) is 23.1 Å². The number of aromatic nitrogens is 2. The summed E-state index contributed by atoms with van der Waals surface area (Å²) >= 11 is 0. The highest BCUT2D eigenvalue weighted by atomic mass is 16.5. The summed E-state index contributed by atoms with van der Waals surface area (Å²) in [4.78, 5) is 8.55. The first-order chi connectivity index (χ1) is 6.92. The van der Waals surface area contributed by atoms with E-state index in [0.717, 1.165) is 37.3 Å². The summed E-state index contributed by atoms with van der Waals surface area (Å²) in [6.07, 6.45) is 4.47. The molecule has 4 heteroatoms. The van der Waals surface area contributed by atoms with E-state index >= 15 is 0 Å². The van der Waals surface area contributed by atoms with Crippen LogP contribution >= 0.6 is 0 Å². The van der Waals surface area contributed by atoms with Crippen molar-refractivity contribution in [2.45, 2.75) is 25.9 Å². The number of aryl methyl sites for hydroxylation is 1. The first-order valence-corrected chi connectivity index (χ1v) is 5.01. The van der Waals surface area contributed by atoms with E-state index in [9.17, 15) is 0 Å². The molecule has 76 valence electrons. The van der Waals surface area contributed by atoms with Gasteiger partial charge in [-0.3, -0.25) is 0 Å². The normalized spacial score (nSPS) is 15.2. The average Bonchev–Trinajstić information content (AvgIpc) is 2.26. The Bertz CT molecular complexity index is 314. The van der Waals surface area contributed by atoms with Gasteiger partial charge in [-0.25, -0.2) is 9.97 Å². The second kappa shape index (κ2) is 4.48. The Morgan fingerprint density at radius 1 is 1.43 bits per heavy atom. The van der Waals surface area contributed by atoms with Gasteiger partial charge in [0.15, 0.2) is 0 Å². The molecule has 2 heterocycles. The molecule has 0 unspecified atom stereocenters. The molecule has 14 heavy (non-hydrogen) atoms. The van der Waals surface area contributed by atoms with Gasteiger partial charge in [-0.2, -0.15) is 0 Å². The Kier molecular flexibility index (Phi) is 3.06. The van der Waals surface area contributed by atoms with Gasteiger partial charge in [0.1, 0.15) is 6.33 Å². The van der Waals surface area contributed by atoms with Gasteiger partial charge in [-0.05, 0) is 19.4 Å². The molecule has 0 aromatic carbocycles. The van der Waals surface area contributed by atoms with Gasteiger partial charge in [-0.1, -0.05) is 0 Å². The Balaban J connectivity index is 2.21. The molecule has 2 rings (SSSR count). The summed E-state index contributed by atoms with van der Waals surface area (Å²) < 4.78 is 5.41. The smallest absolute Gasteiger partial charge is 0.115 e. The zero-order valence-corrected chi connectivity index (χ0v) is 8.20. The van der Waals surface area contributed by atoms with Crippen LogP contribution in [0.5, 0.6) is 0 Å². The number of nitrogens with zero attached hydrogens (tertiary/aromatic N) is 2. The summed E-state index contributed by atoms with van der Waals surface area (Å²) in [5.74, 6) is 0. The van der Waals surface area contributed by atoms with Crippen LogP contribution in [0.25, 0.3) is 0 Å². The Morgan fingerprint density at radius 3 is 3.21 bits per heavy atom. The van der Waals surface area contributed by atoms with Crippen LogP contribution in [0, 0.1) is 0 Å². The molecule has 4 nitrogen and oxygen atoms in total. The van der Waals surface area contributed by atoms with Crippen LogP contribution in [0.3, 0.4) is 0 Å². The van der Waals surface area contributed by atoms with Gasteiger partial charge >= 0.3 is 0 Å². The van der Waals surface area contributed by atoms with Crippen molar-refractivity contribution in [3.05, 3.63) is 23.3 Å². The van der Waals surface area contributed by atoms with E-state index in [0.29, 0.717) is 13.2 Å². The van der Waals surface area contributed by atoms with Crippen LogP contribution in [-0.2, 0) is 24.2 Å². The van der Waals surface area contributed by atoms with Crippen LogP contribution in [0.4, 0.5) is 0 Å². The van der Waals surface area contributed by atoms with Crippen molar-refractivity contribution in [3.63, 3.8) is 0 Å². The molecular formula is C10H15N3O. The highest BCUT2D eigenvalue weighted by Gasteiger charge is 2.14. The van der Waals surface area contributed by atoms with E-state index in [1.54, 1.807) is 6.33 Å². The topological polar surface area (TPSA) is 61.0 Å². The van der Waals surface area contributed by atoms with Gasteiger partial charge in [0.05, 0.1) is 18.9 Å². The predicted molar refractivity (Wildman–Crippen MR) is 52.8 cm³/mol. The van der Waals surface area contributed by atoms with Gasteiger partial charge in [0.2, 0.25) is 0 Å². The Hall–Kier alpha value is -1.00. The van der Waals surface area contributed by atoms with Crippen molar-refractivity contribution < 1.29 is 4.74 Å². The maximum absolute atomic E-state index is 5.48. The van der Waals surface area contributed by atoms with E-state index in [2.05, 4.69) is 9.97 Å². The highest BCUT2D eigenvalue weighted by molar-refractivity contribution is 5.25. The minimum absolute atomic E-state index is 0.663. The van der Waals surface area contributed by atoms with Crippen molar-refractivity contribution in [3.8, 4) is 0 Å². The second-order valence-electron chi connectivity index (χ2n) is 3.44.